The van der Waals surface area contributed by atoms with Gasteiger partial charge in [-0.2, -0.15) is 0 Å². The Balaban J connectivity index is 1.93. The molecule has 3 rings (SSSR count). The van der Waals surface area contributed by atoms with Crippen LogP contribution in [-0.2, 0) is 6.42 Å². The molecule has 0 radical (unpaired) electrons. The minimum atomic E-state index is -0.195. The smallest absolute Gasteiger partial charge is 0.290 e. The number of benzene rings is 1. The van der Waals surface area contributed by atoms with Crippen LogP contribution in [0.3, 0.4) is 0 Å². The highest BCUT2D eigenvalue weighted by Crippen LogP contribution is 2.29. The number of aryl methyl sites for hydroxylation is 2. The molecule has 0 aliphatic carbocycles. The lowest BCUT2D eigenvalue weighted by atomic mass is 10.1. The fourth-order valence-electron chi connectivity index (χ4n) is 2.89. The van der Waals surface area contributed by atoms with Gasteiger partial charge < -0.3 is 13.8 Å². The topological polar surface area (TPSA) is 59.5 Å². The van der Waals surface area contributed by atoms with Crippen LogP contribution in [0.1, 0.15) is 53.7 Å². The number of rotatable bonds is 5. The zero-order chi connectivity index (χ0) is 17.3. The quantitative estimate of drug-likeness (QED) is 0.692. The Bertz CT molecular complexity index is 849. The van der Waals surface area contributed by atoms with Gasteiger partial charge in [-0.3, -0.25) is 4.79 Å². The highest BCUT2D eigenvalue weighted by atomic mass is 16.5. The molecule has 1 atom stereocenters. The Morgan fingerprint density at radius 2 is 2.12 bits per heavy atom. The molecule has 0 N–H and O–H groups in total. The van der Waals surface area contributed by atoms with Gasteiger partial charge in [0.05, 0.1) is 6.04 Å². The van der Waals surface area contributed by atoms with Gasteiger partial charge in [-0.25, -0.2) is 0 Å². The van der Waals surface area contributed by atoms with Crippen LogP contribution in [0, 0.1) is 6.92 Å². The second-order valence-corrected chi connectivity index (χ2v) is 6.15. The van der Waals surface area contributed by atoms with Crippen LogP contribution in [-0.4, -0.2) is 23.0 Å². The van der Waals surface area contributed by atoms with E-state index in [0.29, 0.717) is 11.5 Å². The molecule has 5 nitrogen and oxygen atoms in total. The molecule has 2 aromatic heterocycles. The molecular formula is C19H22N2O3. The van der Waals surface area contributed by atoms with Crippen LogP contribution < -0.4 is 0 Å². The summed E-state index contributed by atoms with van der Waals surface area (Å²) in [7, 11) is 1.75. The Morgan fingerprint density at radius 3 is 2.79 bits per heavy atom. The summed E-state index contributed by atoms with van der Waals surface area (Å²) in [6.07, 6.45) is 3.62. The van der Waals surface area contributed by atoms with Crippen molar-refractivity contribution >= 4 is 16.9 Å². The lowest BCUT2D eigenvalue weighted by molar-refractivity contribution is 0.0707. The van der Waals surface area contributed by atoms with Crippen LogP contribution in [0.25, 0.3) is 11.0 Å². The molecule has 5 heteroatoms. The van der Waals surface area contributed by atoms with Crippen molar-refractivity contribution in [2.24, 2.45) is 0 Å². The summed E-state index contributed by atoms with van der Waals surface area (Å²) < 4.78 is 10.7. The molecule has 1 amide bonds. The first-order chi connectivity index (χ1) is 11.5. The van der Waals surface area contributed by atoms with E-state index in [0.717, 1.165) is 29.4 Å². The largest absolute Gasteiger partial charge is 0.451 e. The Labute approximate surface area is 141 Å². The third kappa shape index (κ3) is 2.82. The Kier molecular flexibility index (Phi) is 4.42. The highest BCUT2D eigenvalue weighted by Gasteiger charge is 2.26. The van der Waals surface area contributed by atoms with Crippen molar-refractivity contribution in [1.82, 2.24) is 10.1 Å². The molecular weight excluding hydrogens is 304 g/mol. The van der Waals surface area contributed by atoms with Gasteiger partial charge in [-0.15, -0.1) is 0 Å². The molecule has 24 heavy (non-hydrogen) atoms. The maximum absolute atomic E-state index is 12.9. The summed E-state index contributed by atoms with van der Waals surface area (Å²) in [5.41, 5.74) is 3.60. The van der Waals surface area contributed by atoms with E-state index in [9.17, 15) is 4.79 Å². The first-order valence-electron chi connectivity index (χ1n) is 8.22. The molecule has 0 saturated heterocycles. The number of carbonyl (C=O) groups is 1. The summed E-state index contributed by atoms with van der Waals surface area (Å²) in [6.45, 7) is 6.00. The average molecular weight is 326 g/mol. The molecule has 0 aliphatic rings. The van der Waals surface area contributed by atoms with Gasteiger partial charge in [-0.1, -0.05) is 24.6 Å². The molecule has 3 aromatic rings. The molecule has 0 fully saturated rings. The van der Waals surface area contributed by atoms with E-state index in [1.165, 1.54) is 11.8 Å². The normalized spacial score (nSPS) is 12.5. The molecule has 0 unspecified atom stereocenters. The molecule has 1 aromatic carbocycles. The maximum Gasteiger partial charge on any atom is 0.290 e. The van der Waals surface area contributed by atoms with Crippen molar-refractivity contribution in [2.75, 3.05) is 7.05 Å². The predicted octanol–water partition coefficient (Wildman–Crippen LogP) is 4.51. The van der Waals surface area contributed by atoms with Crippen molar-refractivity contribution < 1.29 is 13.7 Å². The Hall–Kier alpha value is -2.56. The summed E-state index contributed by atoms with van der Waals surface area (Å²) in [6, 6.07) is 7.70. The summed E-state index contributed by atoms with van der Waals surface area (Å²) in [5.74, 6) is 0.229. The molecule has 0 bridgehead atoms. The van der Waals surface area contributed by atoms with Crippen molar-refractivity contribution in [3.05, 3.63) is 53.1 Å². The zero-order valence-corrected chi connectivity index (χ0v) is 14.5. The van der Waals surface area contributed by atoms with Gasteiger partial charge >= 0.3 is 0 Å². The molecule has 0 saturated carbocycles. The van der Waals surface area contributed by atoms with Gasteiger partial charge in [-0.05, 0) is 38.0 Å². The fourth-order valence-corrected chi connectivity index (χ4v) is 2.89. The minimum absolute atomic E-state index is 0.156. The summed E-state index contributed by atoms with van der Waals surface area (Å²) in [4.78, 5) is 14.5. The fraction of sp³-hybridized carbons (Fsp3) is 0.368. The van der Waals surface area contributed by atoms with Crippen molar-refractivity contribution in [1.29, 1.82) is 0 Å². The second-order valence-electron chi connectivity index (χ2n) is 6.15. The van der Waals surface area contributed by atoms with Crippen LogP contribution in [0.15, 0.2) is 39.5 Å². The summed E-state index contributed by atoms with van der Waals surface area (Å²) in [5, 5.41) is 4.92. The van der Waals surface area contributed by atoms with Crippen molar-refractivity contribution in [3.63, 3.8) is 0 Å². The third-order valence-electron chi connectivity index (χ3n) is 4.52. The Morgan fingerprint density at radius 1 is 1.33 bits per heavy atom. The van der Waals surface area contributed by atoms with Gasteiger partial charge in [0, 0.05) is 24.1 Å². The SMILES string of the molecule is CCCc1ccc2oc(C(=O)N(C)[C@@H](C)c3ccon3)c(C)c2c1. The minimum Gasteiger partial charge on any atom is -0.451 e. The lowest BCUT2D eigenvalue weighted by Crippen LogP contribution is -2.30. The van der Waals surface area contributed by atoms with Crippen LogP contribution >= 0.6 is 0 Å². The monoisotopic (exact) mass is 326 g/mol. The van der Waals surface area contributed by atoms with Gasteiger partial charge in [0.1, 0.15) is 17.5 Å². The molecule has 2 heterocycles. The van der Waals surface area contributed by atoms with Gasteiger partial charge in [0.2, 0.25) is 0 Å². The van der Waals surface area contributed by atoms with E-state index in [1.807, 2.05) is 19.9 Å². The van der Waals surface area contributed by atoms with E-state index < -0.39 is 0 Å². The highest BCUT2D eigenvalue weighted by molar-refractivity contribution is 5.99. The summed E-state index contributed by atoms with van der Waals surface area (Å²) >= 11 is 0. The molecule has 0 aliphatic heterocycles. The standard InChI is InChI=1S/C19H22N2O3/c1-5-6-14-7-8-17-15(11-14)12(2)18(24-17)19(22)21(4)13(3)16-9-10-23-20-16/h7-11,13H,5-6H2,1-4H3/t13-/m0/s1. The van der Waals surface area contributed by atoms with Crippen LogP contribution in [0.2, 0.25) is 0 Å². The average Bonchev–Trinajstić information content (AvgIpc) is 3.22. The number of nitrogens with zero attached hydrogens (tertiary/aromatic N) is 2. The first kappa shape index (κ1) is 16.3. The zero-order valence-electron chi connectivity index (χ0n) is 14.5. The van der Waals surface area contributed by atoms with E-state index in [1.54, 1.807) is 18.0 Å². The number of carbonyl (C=O) groups excluding carboxylic acids is 1. The second kappa shape index (κ2) is 6.51. The number of aromatic nitrogens is 1. The predicted molar refractivity (Wildman–Crippen MR) is 92.0 cm³/mol. The van der Waals surface area contributed by atoms with Gasteiger partial charge in [0.25, 0.3) is 5.91 Å². The van der Waals surface area contributed by atoms with Crippen LogP contribution in [0.4, 0.5) is 0 Å². The first-order valence-corrected chi connectivity index (χ1v) is 8.22. The van der Waals surface area contributed by atoms with E-state index >= 15 is 0 Å². The van der Waals surface area contributed by atoms with E-state index in [4.69, 9.17) is 8.94 Å². The van der Waals surface area contributed by atoms with Crippen molar-refractivity contribution in [2.45, 2.75) is 39.7 Å². The number of fused-ring (bicyclic) bond motifs is 1. The van der Waals surface area contributed by atoms with Crippen LogP contribution in [0.5, 0.6) is 0 Å². The number of amides is 1. The third-order valence-corrected chi connectivity index (χ3v) is 4.52. The van der Waals surface area contributed by atoms with Crippen molar-refractivity contribution in [3.8, 4) is 0 Å². The van der Waals surface area contributed by atoms with E-state index in [-0.39, 0.29) is 11.9 Å². The number of furan rings is 1. The van der Waals surface area contributed by atoms with E-state index in [2.05, 4.69) is 24.2 Å². The molecule has 0 spiro atoms. The molecule has 126 valence electrons. The lowest BCUT2D eigenvalue weighted by Gasteiger charge is -2.22. The number of hydrogen-bond acceptors (Lipinski definition) is 4. The van der Waals surface area contributed by atoms with Gasteiger partial charge in [0.15, 0.2) is 5.76 Å². The number of hydrogen-bond donors (Lipinski definition) is 0. The maximum atomic E-state index is 12.9.